The van der Waals surface area contributed by atoms with Crippen LogP contribution < -0.4 is 5.32 Å². The maximum atomic E-state index is 12.1. The quantitative estimate of drug-likeness (QED) is 0.634. The summed E-state index contributed by atoms with van der Waals surface area (Å²) >= 11 is 2.27. The molecule has 24 heavy (non-hydrogen) atoms. The maximum absolute atomic E-state index is 12.1. The number of hydrogen-bond donors (Lipinski definition) is 2. The Kier molecular flexibility index (Phi) is 7.51. The average molecular weight is 445 g/mol. The lowest BCUT2D eigenvalue weighted by molar-refractivity contribution is -0.166. The fraction of sp³-hybridized carbons (Fsp3) is 0.500. The second kappa shape index (κ2) is 9.39. The van der Waals surface area contributed by atoms with Crippen LogP contribution in [0, 0.1) is 9.49 Å². The van der Waals surface area contributed by atoms with Gasteiger partial charge in [0.2, 0.25) is 6.29 Å². The molecule has 1 heterocycles. The van der Waals surface area contributed by atoms with Gasteiger partial charge in [0.05, 0.1) is 0 Å². The average Bonchev–Trinajstić information content (AvgIpc) is 2.60. The van der Waals surface area contributed by atoms with Gasteiger partial charge in [0.25, 0.3) is 5.91 Å². The van der Waals surface area contributed by atoms with E-state index in [0.717, 1.165) is 15.6 Å². The summed E-state index contributed by atoms with van der Waals surface area (Å²) in [5, 5.41) is 11.8. The number of amides is 1. The summed E-state index contributed by atoms with van der Waals surface area (Å²) in [6.45, 7) is 2.53. The highest BCUT2D eigenvalue weighted by Crippen LogP contribution is 2.39. The van der Waals surface area contributed by atoms with Gasteiger partial charge in [-0.05, 0) is 66.1 Å². The van der Waals surface area contributed by atoms with Gasteiger partial charge in [0.1, 0.15) is 0 Å². The molecule has 0 aromatic heterocycles. The van der Waals surface area contributed by atoms with E-state index >= 15 is 0 Å². The number of aliphatic hydroxyl groups is 1. The van der Waals surface area contributed by atoms with Gasteiger partial charge in [-0.25, -0.2) is 0 Å². The molecule has 1 aliphatic heterocycles. The van der Waals surface area contributed by atoms with Gasteiger partial charge in [-0.3, -0.25) is 4.79 Å². The zero-order chi connectivity index (χ0) is 17.5. The number of halogens is 1. The summed E-state index contributed by atoms with van der Waals surface area (Å²) < 4.78 is 12.7. The van der Waals surface area contributed by atoms with Crippen molar-refractivity contribution in [2.24, 2.45) is 5.92 Å². The van der Waals surface area contributed by atoms with Crippen molar-refractivity contribution in [2.45, 2.75) is 32.0 Å². The van der Waals surface area contributed by atoms with E-state index in [4.69, 9.17) is 9.47 Å². The SMILES string of the molecule is CCO[C@H]1OC(C(=O)NC)=C[C@@H](c2ccc(I)cc2)[C@H]1CCCO. The number of carbonyl (C=O) groups is 1. The molecule has 1 amide bonds. The lowest BCUT2D eigenvalue weighted by Crippen LogP contribution is -2.38. The molecular weight excluding hydrogens is 421 g/mol. The van der Waals surface area contributed by atoms with Crippen molar-refractivity contribution < 1.29 is 19.4 Å². The Morgan fingerprint density at radius 1 is 1.38 bits per heavy atom. The Bertz CT molecular complexity index is 573. The van der Waals surface area contributed by atoms with Crippen molar-refractivity contribution in [3.63, 3.8) is 0 Å². The molecule has 2 rings (SSSR count). The standard InChI is InChI=1S/C18H24INO4/c1-3-23-18-14(5-4-10-21)15(11-16(24-18)17(22)20-2)12-6-8-13(19)9-7-12/h6-9,11,14-15,18,21H,3-5,10H2,1-2H3,(H,20,22)/t14-,15+,18+/m1/s1. The van der Waals surface area contributed by atoms with E-state index in [1.165, 1.54) is 0 Å². The Balaban J connectivity index is 2.39. The zero-order valence-electron chi connectivity index (χ0n) is 14.0. The third-order valence-electron chi connectivity index (χ3n) is 4.12. The highest BCUT2D eigenvalue weighted by molar-refractivity contribution is 14.1. The highest BCUT2D eigenvalue weighted by Gasteiger charge is 2.37. The minimum absolute atomic E-state index is 0.00569. The predicted octanol–water partition coefficient (Wildman–Crippen LogP) is 2.79. The normalized spacial score (nSPS) is 23.3. The molecule has 6 heteroatoms. The van der Waals surface area contributed by atoms with Crippen molar-refractivity contribution in [1.29, 1.82) is 0 Å². The first kappa shape index (κ1) is 19.2. The molecule has 0 radical (unpaired) electrons. The molecule has 0 spiro atoms. The van der Waals surface area contributed by atoms with E-state index in [1.54, 1.807) is 7.05 Å². The number of aliphatic hydroxyl groups excluding tert-OH is 1. The molecule has 0 unspecified atom stereocenters. The molecule has 0 aliphatic carbocycles. The molecule has 1 aliphatic rings. The van der Waals surface area contributed by atoms with Crippen LogP contribution >= 0.6 is 22.6 Å². The van der Waals surface area contributed by atoms with Gasteiger partial charge in [-0.15, -0.1) is 0 Å². The largest absolute Gasteiger partial charge is 0.459 e. The Hall–Kier alpha value is -1.12. The van der Waals surface area contributed by atoms with E-state index in [0.29, 0.717) is 18.8 Å². The van der Waals surface area contributed by atoms with Gasteiger partial charge in [-0.1, -0.05) is 12.1 Å². The van der Waals surface area contributed by atoms with Crippen LogP contribution in [0.5, 0.6) is 0 Å². The first-order chi connectivity index (χ1) is 11.6. The number of hydrogen-bond acceptors (Lipinski definition) is 4. The van der Waals surface area contributed by atoms with Crippen molar-refractivity contribution in [2.75, 3.05) is 20.3 Å². The number of allylic oxidation sites excluding steroid dienone is 1. The van der Waals surface area contributed by atoms with Crippen LogP contribution in [0.15, 0.2) is 36.1 Å². The van der Waals surface area contributed by atoms with Gasteiger partial charge < -0.3 is 19.9 Å². The van der Waals surface area contributed by atoms with Gasteiger partial charge >= 0.3 is 0 Å². The van der Waals surface area contributed by atoms with Crippen molar-refractivity contribution in [3.05, 3.63) is 45.2 Å². The molecule has 0 saturated heterocycles. The van der Waals surface area contributed by atoms with E-state index in [2.05, 4.69) is 52.2 Å². The van der Waals surface area contributed by atoms with Crippen LogP contribution in [0.4, 0.5) is 0 Å². The van der Waals surface area contributed by atoms with E-state index in [-0.39, 0.29) is 24.3 Å². The van der Waals surface area contributed by atoms with Gasteiger partial charge in [-0.2, -0.15) is 0 Å². The van der Waals surface area contributed by atoms with Gasteiger partial charge in [0.15, 0.2) is 5.76 Å². The van der Waals surface area contributed by atoms with Crippen LogP contribution in [-0.4, -0.2) is 37.6 Å². The van der Waals surface area contributed by atoms with Crippen LogP contribution in [0.3, 0.4) is 0 Å². The first-order valence-electron chi connectivity index (χ1n) is 8.19. The summed E-state index contributed by atoms with van der Waals surface area (Å²) in [4.78, 5) is 12.1. The highest BCUT2D eigenvalue weighted by atomic mass is 127. The summed E-state index contributed by atoms with van der Waals surface area (Å²) in [5.41, 5.74) is 1.12. The van der Waals surface area contributed by atoms with E-state index < -0.39 is 6.29 Å². The van der Waals surface area contributed by atoms with Crippen molar-refractivity contribution in [3.8, 4) is 0 Å². The number of nitrogens with one attached hydrogen (secondary N) is 1. The summed E-state index contributed by atoms with van der Waals surface area (Å²) in [6.07, 6.45) is 2.80. The van der Waals surface area contributed by atoms with Crippen LogP contribution in [0.1, 0.15) is 31.2 Å². The molecule has 5 nitrogen and oxygen atoms in total. The van der Waals surface area contributed by atoms with Crippen molar-refractivity contribution in [1.82, 2.24) is 5.32 Å². The molecule has 0 bridgehead atoms. The minimum Gasteiger partial charge on any atom is -0.459 e. The third kappa shape index (κ3) is 4.70. The summed E-state index contributed by atoms with van der Waals surface area (Å²) in [6, 6.07) is 8.25. The molecular formula is C18H24INO4. The van der Waals surface area contributed by atoms with E-state index in [9.17, 15) is 9.90 Å². The Labute approximate surface area is 156 Å². The second-order valence-corrected chi connectivity index (χ2v) is 6.90. The molecule has 0 fully saturated rings. The molecule has 1 aromatic carbocycles. The number of ether oxygens (including phenoxy) is 2. The third-order valence-corrected chi connectivity index (χ3v) is 4.84. The predicted molar refractivity (Wildman–Crippen MR) is 100 cm³/mol. The smallest absolute Gasteiger partial charge is 0.285 e. The first-order valence-corrected chi connectivity index (χ1v) is 9.27. The number of likely N-dealkylation sites (N-methyl/N-ethyl adjacent to an activating group) is 1. The van der Waals surface area contributed by atoms with Crippen LogP contribution in [-0.2, 0) is 14.3 Å². The Morgan fingerprint density at radius 3 is 2.67 bits per heavy atom. The number of rotatable bonds is 7. The van der Waals surface area contributed by atoms with Crippen LogP contribution in [0.2, 0.25) is 0 Å². The van der Waals surface area contributed by atoms with Crippen molar-refractivity contribution >= 4 is 28.5 Å². The number of carbonyl (C=O) groups excluding carboxylic acids is 1. The summed E-state index contributed by atoms with van der Waals surface area (Å²) in [5.74, 6) is 0.0901. The van der Waals surface area contributed by atoms with E-state index in [1.807, 2.05) is 13.0 Å². The molecule has 1 aromatic rings. The fourth-order valence-electron chi connectivity index (χ4n) is 2.95. The summed E-state index contributed by atoms with van der Waals surface area (Å²) in [7, 11) is 1.58. The molecule has 3 atom stereocenters. The lowest BCUT2D eigenvalue weighted by atomic mass is 9.80. The molecule has 2 N–H and O–H groups in total. The monoisotopic (exact) mass is 445 g/mol. The lowest BCUT2D eigenvalue weighted by Gasteiger charge is -2.37. The Morgan fingerprint density at radius 2 is 2.08 bits per heavy atom. The topological polar surface area (TPSA) is 67.8 Å². The second-order valence-electron chi connectivity index (χ2n) is 5.66. The zero-order valence-corrected chi connectivity index (χ0v) is 16.2. The van der Waals surface area contributed by atoms with Crippen LogP contribution in [0.25, 0.3) is 0 Å². The number of benzene rings is 1. The fourth-order valence-corrected chi connectivity index (χ4v) is 3.31. The molecule has 0 saturated carbocycles. The van der Waals surface area contributed by atoms with Gasteiger partial charge in [0, 0.05) is 35.7 Å². The molecule has 132 valence electrons. The minimum atomic E-state index is -0.497. The maximum Gasteiger partial charge on any atom is 0.285 e.